The van der Waals surface area contributed by atoms with Crippen LogP contribution in [0.3, 0.4) is 0 Å². The molecule has 0 unspecified atom stereocenters. The van der Waals surface area contributed by atoms with Crippen LogP contribution in [0.1, 0.15) is 0 Å². The van der Waals surface area contributed by atoms with Gasteiger partial charge in [0, 0.05) is 13.2 Å². The number of aryl methyl sites for hydroxylation is 1. The minimum Gasteiger partial charge on any atom is -0.393 e. The van der Waals surface area contributed by atoms with Gasteiger partial charge in [-0.05, 0) is 0 Å². The van der Waals surface area contributed by atoms with Crippen molar-refractivity contribution in [2.45, 2.75) is 6.54 Å². The number of alkyl halides is 1. The summed E-state index contributed by atoms with van der Waals surface area (Å²) in [5.41, 5.74) is 4.05. The number of hydrogen-bond donors (Lipinski definition) is 1. The summed E-state index contributed by atoms with van der Waals surface area (Å²) in [6, 6.07) is 0. The number of halogens is 1. The van der Waals surface area contributed by atoms with Crippen LogP contribution in [0.15, 0.2) is 15.8 Å². The number of anilines is 1. The molecule has 0 fully saturated rings. The summed E-state index contributed by atoms with van der Waals surface area (Å²) in [5, 5.41) is 0. The zero-order valence-corrected chi connectivity index (χ0v) is 7.16. The fourth-order valence-electron chi connectivity index (χ4n) is 1.03. The van der Waals surface area contributed by atoms with Crippen molar-refractivity contribution in [3.63, 3.8) is 0 Å². The summed E-state index contributed by atoms with van der Waals surface area (Å²) >= 11 is 0. The molecule has 6 heteroatoms. The molecule has 0 amide bonds. The fourth-order valence-corrected chi connectivity index (χ4v) is 1.03. The van der Waals surface area contributed by atoms with Crippen molar-refractivity contribution in [1.29, 1.82) is 0 Å². The molecule has 1 aromatic rings. The highest BCUT2D eigenvalue weighted by molar-refractivity contribution is 5.30. The average molecular weight is 187 g/mol. The third-order valence-corrected chi connectivity index (χ3v) is 1.67. The molecule has 0 aliphatic rings. The van der Waals surface area contributed by atoms with Crippen molar-refractivity contribution < 1.29 is 4.39 Å². The number of nitrogens with zero attached hydrogens (tertiary/aromatic N) is 2. The Balaban J connectivity index is 3.47. The van der Waals surface area contributed by atoms with Gasteiger partial charge in [-0.1, -0.05) is 0 Å². The van der Waals surface area contributed by atoms with Crippen molar-refractivity contribution in [3.05, 3.63) is 27.0 Å². The van der Waals surface area contributed by atoms with E-state index >= 15 is 0 Å². The van der Waals surface area contributed by atoms with Crippen LogP contribution in [0.25, 0.3) is 0 Å². The molecule has 0 saturated heterocycles. The fraction of sp³-hybridized carbons (Fsp3) is 0.429. The molecule has 1 heterocycles. The second-order valence-corrected chi connectivity index (χ2v) is 2.62. The molecule has 13 heavy (non-hydrogen) atoms. The second kappa shape index (κ2) is 3.42. The smallest absolute Gasteiger partial charge is 0.330 e. The number of hydrogen-bond acceptors (Lipinski definition) is 3. The van der Waals surface area contributed by atoms with Crippen LogP contribution in [0.4, 0.5) is 10.1 Å². The first kappa shape index (κ1) is 9.50. The molecule has 1 rings (SSSR count). The topological polar surface area (TPSA) is 70.0 Å². The first-order valence-corrected chi connectivity index (χ1v) is 3.70. The predicted octanol–water partition coefficient (Wildman–Crippen LogP) is -0.901. The van der Waals surface area contributed by atoms with Gasteiger partial charge in [-0.2, -0.15) is 0 Å². The minimum atomic E-state index is -0.765. The third kappa shape index (κ3) is 1.61. The van der Waals surface area contributed by atoms with Crippen LogP contribution in [-0.4, -0.2) is 15.8 Å². The zero-order chi connectivity index (χ0) is 10.0. The van der Waals surface area contributed by atoms with Crippen molar-refractivity contribution in [1.82, 2.24) is 9.13 Å². The van der Waals surface area contributed by atoms with Crippen molar-refractivity contribution in [2.75, 3.05) is 12.4 Å². The van der Waals surface area contributed by atoms with Crippen LogP contribution in [-0.2, 0) is 13.6 Å². The molecule has 5 nitrogen and oxygen atoms in total. The zero-order valence-electron chi connectivity index (χ0n) is 7.16. The molecule has 0 aromatic carbocycles. The van der Waals surface area contributed by atoms with Crippen LogP contribution in [0.2, 0.25) is 0 Å². The SMILES string of the molecule is Cn1cc(N)c(=O)n(CCF)c1=O. The molecule has 0 radical (unpaired) electrons. The highest BCUT2D eigenvalue weighted by atomic mass is 19.1. The average Bonchev–Trinajstić information content (AvgIpc) is 2.09. The summed E-state index contributed by atoms with van der Waals surface area (Å²) < 4.78 is 13.9. The lowest BCUT2D eigenvalue weighted by Crippen LogP contribution is -2.40. The van der Waals surface area contributed by atoms with E-state index in [2.05, 4.69) is 0 Å². The molecule has 0 aliphatic heterocycles. The summed E-state index contributed by atoms with van der Waals surface area (Å²) in [6.07, 6.45) is 1.22. The van der Waals surface area contributed by atoms with Gasteiger partial charge in [0.2, 0.25) is 0 Å². The normalized spacial score (nSPS) is 10.3. The number of nitrogen functional groups attached to an aromatic ring is 1. The number of rotatable bonds is 2. The van der Waals surface area contributed by atoms with Crippen molar-refractivity contribution >= 4 is 5.69 Å². The van der Waals surface area contributed by atoms with E-state index in [4.69, 9.17) is 5.73 Å². The van der Waals surface area contributed by atoms with E-state index in [9.17, 15) is 14.0 Å². The standard InChI is InChI=1S/C7H10FN3O2/c1-10-4-5(9)6(12)11(3-2-8)7(10)13/h4H,2-3,9H2,1H3. The molecule has 0 atom stereocenters. The van der Waals surface area contributed by atoms with Crippen LogP contribution < -0.4 is 17.0 Å². The van der Waals surface area contributed by atoms with E-state index in [-0.39, 0.29) is 12.2 Å². The highest BCUT2D eigenvalue weighted by Crippen LogP contribution is 1.86. The van der Waals surface area contributed by atoms with Gasteiger partial charge in [-0.15, -0.1) is 0 Å². The molecule has 1 aromatic heterocycles. The predicted molar refractivity (Wildman–Crippen MR) is 46.3 cm³/mol. The molecular formula is C7H10FN3O2. The first-order chi connectivity index (χ1) is 6.07. The lowest BCUT2D eigenvalue weighted by atomic mass is 10.5. The maximum Gasteiger partial charge on any atom is 0.330 e. The summed E-state index contributed by atoms with van der Waals surface area (Å²) in [7, 11) is 1.45. The van der Waals surface area contributed by atoms with Crippen LogP contribution in [0.5, 0.6) is 0 Å². The van der Waals surface area contributed by atoms with Crippen molar-refractivity contribution in [2.24, 2.45) is 7.05 Å². The van der Waals surface area contributed by atoms with Gasteiger partial charge in [-0.3, -0.25) is 9.36 Å². The first-order valence-electron chi connectivity index (χ1n) is 3.70. The molecular weight excluding hydrogens is 177 g/mol. The highest BCUT2D eigenvalue weighted by Gasteiger charge is 2.05. The molecule has 72 valence electrons. The second-order valence-electron chi connectivity index (χ2n) is 2.62. The van der Waals surface area contributed by atoms with Gasteiger partial charge < -0.3 is 10.3 Å². The van der Waals surface area contributed by atoms with Gasteiger partial charge >= 0.3 is 5.69 Å². The van der Waals surface area contributed by atoms with Gasteiger partial charge in [0.05, 0.1) is 6.54 Å². The van der Waals surface area contributed by atoms with Gasteiger partial charge in [0.15, 0.2) is 0 Å². The maximum absolute atomic E-state index is 12.0. The van der Waals surface area contributed by atoms with Gasteiger partial charge in [0.1, 0.15) is 12.4 Å². The maximum atomic E-state index is 12.0. The Morgan fingerprint density at radius 1 is 1.54 bits per heavy atom. The Bertz CT molecular complexity index is 386. The summed E-state index contributed by atoms with van der Waals surface area (Å²) in [6.45, 7) is -1.02. The lowest BCUT2D eigenvalue weighted by molar-refractivity contribution is 0.427. The lowest BCUT2D eigenvalue weighted by Gasteiger charge is -2.05. The van der Waals surface area contributed by atoms with Gasteiger partial charge in [-0.25, -0.2) is 9.18 Å². The van der Waals surface area contributed by atoms with E-state index in [1.165, 1.54) is 13.2 Å². The Morgan fingerprint density at radius 2 is 2.15 bits per heavy atom. The Labute approximate surface area is 73.2 Å². The number of nitrogens with two attached hydrogens (primary N) is 1. The van der Waals surface area contributed by atoms with E-state index in [1.807, 2.05) is 0 Å². The third-order valence-electron chi connectivity index (χ3n) is 1.67. The minimum absolute atomic E-state index is 0.0597. The summed E-state index contributed by atoms with van der Waals surface area (Å²) in [5.74, 6) is 0. The quantitative estimate of drug-likeness (QED) is 0.652. The van der Waals surface area contributed by atoms with Crippen molar-refractivity contribution in [3.8, 4) is 0 Å². The summed E-state index contributed by atoms with van der Waals surface area (Å²) in [4.78, 5) is 22.4. The Hall–Kier alpha value is -1.59. The Morgan fingerprint density at radius 3 is 2.69 bits per heavy atom. The monoisotopic (exact) mass is 187 g/mol. The van der Waals surface area contributed by atoms with Crippen LogP contribution >= 0.6 is 0 Å². The molecule has 0 aliphatic carbocycles. The van der Waals surface area contributed by atoms with E-state index < -0.39 is 17.9 Å². The number of aromatic nitrogens is 2. The largest absolute Gasteiger partial charge is 0.393 e. The molecule has 0 spiro atoms. The Kier molecular flexibility index (Phi) is 2.50. The molecule has 2 N–H and O–H groups in total. The van der Waals surface area contributed by atoms with E-state index in [0.29, 0.717) is 0 Å². The van der Waals surface area contributed by atoms with E-state index in [0.717, 1.165) is 9.13 Å². The van der Waals surface area contributed by atoms with E-state index in [1.54, 1.807) is 0 Å². The molecule has 0 bridgehead atoms. The van der Waals surface area contributed by atoms with Crippen LogP contribution in [0, 0.1) is 0 Å². The molecule has 0 saturated carbocycles. The van der Waals surface area contributed by atoms with Gasteiger partial charge in [0.25, 0.3) is 5.56 Å².